The van der Waals surface area contributed by atoms with Gasteiger partial charge in [-0.05, 0) is 38.1 Å². The van der Waals surface area contributed by atoms with Crippen LogP contribution in [0.4, 0.5) is 4.39 Å². The second kappa shape index (κ2) is 7.30. The molecule has 124 valence electrons. The minimum absolute atomic E-state index is 0.0182. The fraction of sp³-hybridized carbons (Fsp3) is 0.400. The monoisotopic (exact) mass is 322 g/mol. The Bertz CT molecular complexity index is 668. The van der Waals surface area contributed by atoms with Crippen LogP contribution in [-0.2, 0) is 9.47 Å². The van der Waals surface area contributed by atoms with Crippen LogP contribution in [0.25, 0.3) is 5.69 Å². The molecule has 1 N–H and O–H groups in total. The molecule has 0 aliphatic carbocycles. The summed E-state index contributed by atoms with van der Waals surface area (Å²) >= 11 is 0. The zero-order chi connectivity index (χ0) is 17.0. The summed E-state index contributed by atoms with van der Waals surface area (Å²) in [4.78, 5) is 16.4. The summed E-state index contributed by atoms with van der Waals surface area (Å²) in [5.41, 5.74) is 0.621. The second-order valence-corrected chi connectivity index (χ2v) is 4.97. The zero-order valence-corrected chi connectivity index (χ0v) is 13.4. The number of halogens is 1. The first-order valence-corrected chi connectivity index (χ1v) is 7.02. The number of amides is 1. The fourth-order valence-electron chi connectivity index (χ4n) is 2.16. The number of aryl methyl sites for hydroxylation is 1. The Morgan fingerprint density at radius 3 is 2.43 bits per heavy atom. The smallest absolute Gasteiger partial charge is 0.291 e. The van der Waals surface area contributed by atoms with E-state index >= 15 is 0 Å². The third kappa shape index (κ3) is 3.91. The van der Waals surface area contributed by atoms with Crippen LogP contribution in [0.1, 0.15) is 23.4 Å². The van der Waals surface area contributed by atoms with Crippen LogP contribution in [0.2, 0.25) is 0 Å². The molecule has 8 heteroatoms. The van der Waals surface area contributed by atoms with Crippen LogP contribution in [0.3, 0.4) is 0 Å². The fourth-order valence-corrected chi connectivity index (χ4v) is 2.16. The molecule has 23 heavy (non-hydrogen) atoms. The van der Waals surface area contributed by atoms with Crippen molar-refractivity contribution in [2.45, 2.75) is 26.2 Å². The van der Waals surface area contributed by atoms with Crippen LogP contribution in [0.5, 0.6) is 0 Å². The Morgan fingerprint density at radius 1 is 1.26 bits per heavy atom. The molecule has 1 heterocycles. The number of hydrogen-bond acceptors (Lipinski definition) is 5. The topological polar surface area (TPSA) is 78.3 Å². The summed E-state index contributed by atoms with van der Waals surface area (Å²) in [6, 6.07) is 5.39. The van der Waals surface area contributed by atoms with Crippen LogP contribution in [0.15, 0.2) is 24.3 Å². The average Bonchev–Trinajstić information content (AvgIpc) is 2.91. The van der Waals surface area contributed by atoms with Crippen molar-refractivity contribution in [3.05, 3.63) is 41.7 Å². The maximum absolute atomic E-state index is 13.0. The van der Waals surface area contributed by atoms with E-state index in [1.807, 2.05) is 0 Å². The zero-order valence-electron chi connectivity index (χ0n) is 13.4. The largest absolute Gasteiger partial charge is 0.354 e. The molecule has 1 aromatic carbocycles. The molecule has 0 bridgehead atoms. The highest BCUT2D eigenvalue weighted by atomic mass is 19.1. The highest BCUT2D eigenvalue weighted by Crippen LogP contribution is 2.11. The van der Waals surface area contributed by atoms with E-state index in [1.54, 1.807) is 26.0 Å². The van der Waals surface area contributed by atoms with Gasteiger partial charge in [0, 0.05) is 14.2 Å². The second-order valence-electron chi connectivity index (χ2n) is 4.97. The van der Waals surface area contributed by atoms with Gasteiger partial charge < -0.3 is 14.8 Å². The summed E-state index contributed by atoms with van der Waals surface area (Å²) < 4.78 is 24.6. The molecule has 0 aliphatic heterocycles. The van der Waals surface area contributed by atoms with Crippen molar-refractivity contribution < 1.29 is 18.7 Å². The van der Waals surface area contributed by atoms with E-state index in [2.05, 4.69) is 15.4 Å². The number of aromatic nitrogens is 3. The predicted octanol–water partition coefficient (Wildman–Crippen LogP) is 1.45. The van der Waals surface area contributed by atoms with E-state index in [0.717, 1.165) is 0 Å². The number of hydrogen-bond donors (Lipinski definition) is 1. The average molecular weight is 322 g/mol. The van der Waals surface area contributed by atoms with Crippen LogP contribution >= 0.6 is 0 Å². The van der Waals surface area contributed by atoms with E-state index in [0.29, 0.717) is 11.5 Å². The van der Waals surface area contributed by atoms with Gasteiger partial charge in [0.2, 0.25) is 5.82 Å². The van der Waals surface area contributed by atoms with Gasteiger partial charge >= 0.3 is 0 Å². The number of carbonyl (C=O) groups excluding carboxylic acids is 1. The van der Waals surface area contributed by atoms with E-state index < -0.39 is 12.2 Å². The van der Waals surface area contributed by atoms with Crippen molar-refractivity contribution in [2.75, 3.05) is 14.2 Å². The number of ether oxygens (including phenoxy) is 2. The van der Waals surface area contributed by atoms with Gasteiger partial charge in [0.1, 0.15) is 11.6 Å². The van der Waals surface area contributed by atoms with Gasteiger partial charge in [-0.3, -0.25) is 4.79 Å². The van der Waals surface area contributed by atoms with E-state index in [4.69, 9.17) is 9.47 Å². The molecule has 1 atom stereocenters. The molecule has 2 aromatic rings. The Morgan fingerprint density at radius 2 is 1.87 bits per heavy atom. The highest BCUT2D eigenvalue weighted by molar-refractivity contribution is 5.90. The molecule has 7 nitrogen and oxygen atoms in total. The lowest BCUT2D eigenvalue weighted by molar-refractivity contribution is -0.117. The maximum atomic E-state index is 13.0. The Hall–Kier alpha value is -2.32. The molecule has 0 radical (unpaired) electrons. The first-order chi connectivity index (χ1) is 11.0. The molecular formula is C15H19FN4O3. The van der Waals surface area contributed by atoms with Crippen molar-refractivity contribution >= 4 is 5.91 Å². The highest BCUT2D eigenvalue weighted by Gasteiger charge is 2.22. The molecule has 0 saturated heterocycles. The predicted molar refractivity (Wildman–Crippen MR) is 80.8 cm³/mol. The maximum Gasteiger partial charge on any atom is 0.291 e. The quantitative estimate of drug-likeness (QED) is 0.815. The Balaban J connectivity index is 2.17. The van der Waals surface area contributed by atoms with Gasteiger partial charge in [-0.15, -0.1) is 5.10 Å². The van der Waals surface area contributed by atoms with Crippen molar-refractivity contribution in [3.63, 3.8) is 0 Å². The summed E-state index contributed by atoms with van der Waals surface area (Å²) in [6.07, 6.45) is -0.570. The van der Waals surface area contributed by atoms with Crippen LogP contribution in [-0.4, -0.2) is 47.2 Å². The molecule has 0 spiro atoms. The molecule has 1 amide bonds. The molecule has 2 rings (SSSR count). The van der Waals surface area contributed by atoms with Gasteiger partial charge in [0.15, 0.2) is 6.29 Å². The van der Waals surface area contributed by atoms with Crippen molar-refractivity contribution in [3.8, 4) is 5.69 Å². The lowest BCUT2D eigenvalue weighted by atomic mass is 10.3. The molecular weight excluding hydrogens is 303 g/mol. The number of nitrogens with one attached hydrogen (secondary N) is 1. The SMILES string of the molecule is COC(OC)C(C)NC(=O)c1nc(C)n(-c2ccc(F)cc2)n1. The molecule has 0 fully saturated rings. The van der Waals surface area contributed by atoms with E-state index in [-0.39, 0.29) is 17.7 Å². The minimum atomic E-state index is -0.570. The first-order valence-electron chi connectivity index (χ1n) is 7.02. The summed E-state index contributed by atoms with van der Waals surface area (Å²) in [7, 11) is 2.98. The lowest BCUT2D eigenvalue weighted by Crippen LogP contribution is -2.43. The van der Waals surface area contributed by atoms with Gasteiger partial charge in [-0.2, -0.15) is 0 Å². The van der Waals surface area contributed by atoms with E-state index in [1.165, 1.54) is 31.0 Å². The Labute approximate surface area is 133 Å². The van der Waals surface area contributed by atoms with Gasteiger partial charge in [0.05, 0.1) is 11.7 Å². The standard InChI is InChI=1S/C15H19FN4O3/c1-9(15(22-3)23-4)17-14(21)13-18-10(2)20(19-13)12-7-5-11(16)6-8-12/h5-9,15H,1-4H3,(H,17,21). The summed E-state index contributed by atoms with van der Waals surface area (Å²) in [5, 5.41) is 6.88. The van der Waals surface area contributed by atoms with Crippen LogP contribution < -0.4 is 5.32 Å². The lowest BCUT2D eigenvalue weighted by Gasteiger charge is -2.21. The normalized spacial score (nSPS) is 12.4. The number of methoxy groups -OCH3 is 2. The van der Waals surface area contributed by atoms with Crippen molar-refractivity contribution in [1.82, 2.24) is 20.1 Å². The minimum Gasteiger partial charge on any atom is -0.354 e. The van der Waals surface area contributed by atoms with E-state index in [9.17, 15) is 9.18 Å². The molecule has 0 saturated carbocycles. The van der Waals surface area contributed by atoms with Crippen molar-refractivity contribution in [1.29, 1.82) is 0 Å². The molecule has 1 aromatic heterocycles. The van der Waals surface area contributed by atoms with Crippen LogP contribution in [0, 0.1) is 12.7 Å². The Kier molecular flexibility index (Phi) is 5.41. The number of carbonyl (C=O) groups is 1. The molecule has 1 unspecified atom stereocenters. The number of nitrogens with zero attached hydrogens (tertiary/aromatic N) is 3. The molecule has 0 aliphatic rings. The van der Waals surface area contributed by atoms with Gasteiger partial charge in [0.25, 0.3) is 5.91 Å². The van der Waals surface area contributed by atoms with Gasteiger partial charge in [-0.1, -0.05) is 0 Å². The summed E-state index contributed by atoms with van der Waals surface area (Å²) in [6.45, 7) is 3.46. The third-order valence-corrected chi connectivity index (χ3v) is 3.27. The third-order valence-electron chi connectivity index (χ3n) is 3.27. The summed E-state index contributed by atoms with van der Waals surface area (Å²) in [5.74, 6) is -0.252. The number of rotatable bonds is 6. The van der Waals surface area contributed by atoms with Gasteiger partial charge in [-0.25, -0.2) is 14.1 Å². The first kappa shape index (κ1) is 17.0. The van der Waals surface area contributed by atoms with Crippen molar-refractivity contribution in [2.24, 2.45) is 0 Å². The number of benzene rings is 1.